The zero-order valence-electron chi connectivity index (χ0n) is 8.65. The number of nitrogens with two attached hydrogens (primary N) is 1. The molecule has 1 aliphatic rings. The zero-order chi connectivity index (χ0) is 11.4. The molecule has 3 N–H and O–H groups in total. The predicted molar refractivity (Wildman–Crippen MR) is 59.3 cm³/mol. The lowest BCUT2D eigenvalue weighted by atomic mass is 10.2. The monoisotopic (exact) mass is 244 g/mol. The summed E-state index contributed by atoms with van der Waals surface area (Å²) < 4.78 is 10.9. The minimum Gasteiger partial charge on any atom is -0.473 e. The van der Waals surface area contributed by atoms with Gasteiger partial charge >= 0.3 is 0 Å². The SMILES string of the molecule is NNc1ncc(Cl)c(OC2CCOCC2)n1. The molecule has 0 aliphatic carbocycles. The highest BCUT2D eigenvalue weighted by atomic mass is 35.5. The van der Waals surface area contributed by atoms with E-state index >= 15 is 0 Å². The van der Waals surface area contributed by atoms with Crippen molar-refractivity contribution in [2.75, 3.05) is 18.6 Å². The fraction of sp³-hybridized carbons (Fsp3) is 0.556. The number of hydrazine groups is 1. The Bertz CT molecular complexity index is 357. The van der Waals surface area contributed by atoms with Gasteiger partial charge in [-0.1, -0.05) is 11.6 Å². The normalized spacial score (nSPS) is 17.1. The van der Waals surface area contributed by atoms with Crippen molar-refractivity contribution in [3.05, 3.63) is 11.2 Å². The Morgan fingerprint density at radius 3 is 2.94 bits per heavy atom. The minimum atomic E-state index is 0.0896. The standard InChI is InChI=1S/C9H13ClN4O2/c10-7-5-12-9(14-11)13-8(7)16-6-1-3-15-4-2-6/h5-6H,1-4,11H2,(H,12,13,14). The van der Waals surface area contributed by atoms with Gasteiger partial charge in [0.1, 0.15) is 11.1 Å². The summed E-state index contributed by atoms with van der Waals surface area (Å²) in [6.07, 6.45) is 3.22. The van der Waals surface area contributed by atoms with Gasteiger partial charge in [-0.2, -0.15) is 4.98 Å². The summed E-state index contributed by atoms with van der Waals surface area (Å²) in [6.45, 7) is 1.41. The predicted octanol–water partition coefficient (Wildman–Crippen LogP) is 0.973. The van der Waals surface area contributed by atoms with E-state index in [9.17, 15) is 0 Å². The van der Waals surface area contributed by atoms with Crippen LogP contribution in [0.2, 0.25) is 5.02 Å². The lowest BCUT2D eigenvalue weighted by molar-refractivity contribution is 0.0238. The highest BCUT2D eigenvalue weighted by Gasteiger charge is 2.17. The third kappa shape index (κ3) is 2.72. The molecule has 0 amide bonds. The maximum atomic E-state index is 5.92. The van der Waals surface area contributed by atoms with Gasteiger partial charge in [-0.15, -0.1) is 0 Å². The molecule has 1 aliphatic heterocycles. The van der Waals surface area contributed by atoms with Crippen molar-refractivity contribution in [1.82, 2.24) is 9.97 Å². The number of nitrogens with zero attached hydrogens (tertiary/aromatic N) is 2. The van der Waals surface area contributed by atoms with E-state index in [0.29, 0.717) is 24.1 Å². The van der Waals surface area contributed by atoms with Gasteiger partial charge in [-0.25, -0.2) is 10.8 Å². The fourth-order valence-corrected chi connectivity index (χ4v) is 1.59. The number of nitrogens with one attached hydrogen (secondary N) is 1. The number of nitrogen functional groups attached to an aromatic ring is 1. The number of halogens is 1. The van der Waals surface area contributed by atoms with Crippen molar-refractivity contribution in [2.45, 2.75) is 18.9 Å². The Hall–Kier alpha value is -1.11. The van der Waals surface area contributed by atoms with Crippen LogP contribution in [0, 0.1) is 0 Å². The summed E-state index contributed by atoms with van der Waals surface area (Å²) in [5, 5.41) is 0.380. The highest BCUT2D eigenvalue weighted by molar-refractivity contribution is 6.31. The number of hydrogen-bond donors (Lipinski definition) is 2. The fourth-order valence-electron chi connectivity index (χ4n) is 1.46. The van der Waals surface area contributed by atoms with Gasteiger partial charge in [0.05, 0.1) is 19.4 Å². The molecular weight excluding hydrogens is 232 g/mol. The maximum Gasteiger partial charge on any atom is 0.240 e. The van der Waals surface area contributed by atoms with Crippen molar-refractivity contribution in [3.8, 4) is 5.88 Å². The van der Waals surface area contributed by atoms with E-state index in [4.69, 9.17) is 26.9 Å². The Balaban J connectivity index is 2.06. The van der Waals surface area contributed by atoms with Crippen molar-refractivity contribution < 1.29 is 9.47 Å². The Morgan fingerprint density at radius 2 is 2.25 bits per heavy atom. The van der Waals surface area contributed by atoms with Crippen LogP contribution < -0.4 is 16.0 Å². The van der Waals surface area contributed by atoms with Crippen molar-refractivity contribution >= 4 is 17.5 Å². The molecule has 0 spiro atoms. The topological polar surface area (TPSA) is 82.3 Å². The Morgan fingerprint density at radius 1 is 1.50 bits per heavy atom. The number of hydrogen-bond acceptors (Lipinski definition) is 6. The van der Waals surface area contributed by atoms with Crippen LogP contribution in [-0.4, -0.2) is 29.3 Å². The van der Waals surface area contributed by atoms with Crippen LogP contribution in [0.25, 0.3) is 0 Å². The number of aromatic nitrogens is 2. The zero-order valence-corrected chi connectivity index (χ0v) is 9.41. The van der Waals surface area contributed by atoms with Gasteiger partial charge in [0, 0.05) is 12.8 Å². The average Bonchev–Trinajstić information content (AvgIpc) is 2.33. The second kappa shape index (κ2) is 5.29. The van der Waals surface area contributed by atoms with E-state index in [-0.39, 0.29) is 12.1 Å². The van der Waals surface area contributed by atoms with Crippen LogP contribution in [0.4, 0.5) is 5.95 Å². The first kappa shape index (κ1) is 11.4. The van der Waals surface area contributed by atoms with Crippen LogP contribution in [0.1, 0.15) is 12.8 Å². The average molecular weight is 245 g/mol. The summed E-state index contributed by atoms with van der Waals surface area (Å²) in [7, 11) is 0. The molecule has 16 heavy (non-hydrogen) atoms. The molecule has 0 bridgehead atoms. The van der Waals surface area contributed by atoms with Gasteiger partial charge in [-0.3, -0.25) is 5.43 Å². The molecule has 0 radical (unpaired) electrons. The number of ether oxygens (including phenoxy) is 2. The second-order valence-electron chi connectivity index (χ2n) is 3.42. The molecule has 2 rings (SSSR count). The number of anilines is 1. The molecule has 1 fully saturated rings. The molecule has 1 aromatic rings. The summed E-state index contributed by atoms with van der Waals surface area (Å²) in [5.41, 5.74) is 2.35. The largest absolute Gasteiger partial charge is 0.473 e. The van der Waals surface area contributed by atoms with Crippen molar-refractivity contribution in [1.29, 1.82) is 0 Å². The first-order chi connectivity index (χ1) is 7.79. The Kier molecular flexibility index (Phi) is 3.76. The lowest BCUT2D eigenvalue weighted by Crippen LogP contribution is -2.26. The lowest BCUT2D eigenvalue weighted by Gasteiger charge is -2.23. The first-order valence-electron chi connectivity index (χ1n) is 5.03. The van der Waals surface area contributed by atoms with Gasteiger partial charge < -0.3 is 9.47 Å². The van der Waals surface area contributed by atoms with E-state index < -0.39 is 0 Å². The van der Waals surface area contributed by atoms with Crippen molar-refractivity contribution in [3.63, 3.8) is 0 Å². The van der Waals surface area contributed by atoms with Crippen LogP contribution in [0.3, 0.4) is 0 Å². The summed E-state index contributed by atoms with van der Waals surface area (Å²) in [6, 6.07) is 0. The van der Waals surface area contributed by atoms with E-state index in [1.165, 1.54) is 6.20 Å². The van der Waals surface area contributed by atoms with E-state index in [2.05, 4.69) is 15.4 Å². The highest BCUT2D eigenvalue weighted by Crippen LogP contribution is 2.24. The van der Waals surface area contributed by atoms with Gasteiger partial charge in [-0.05, 0) is 0 Å². The molecule has 0 atom stereocenters. The summed E-state index contributed by atoms with van der Waals surface area (Å²) in [5.74, 6) is 5.85. The van der Waals surface area contributed by atoms with Crippen molar-refractivity contribution in [2.24, 2.45) is 5.84 Å². The third-order valence-corrected chi connectivity index (χ3v) is 2.55. The minimum absolute atomic E-state index is 0.0896. The van der Waals surface area contributed by atoms with Crippen LogP contribution in [-0.2, 0) is 4.74 Å². The molecule has 88 valence electrons. The molecule has 0 unspecified atom stereocenters. The van der Waals surface area contributed by atoms with Crippen LogP contribution in [0.5, 0.6) is 5.88 Å². The molecular formula is C9H13ClN4O2. The first-order valence-corrected chi connectivity index (χ1v) is 5.41. The summed E-state index contributed by atoms with van der Waals surface area (Å²) >= 11 is 5.92. The molecule has 1 aromatic heterocycles. The van der Waals surface area contributed by atoms with Gasteiger partial charge in [0.25, 0.3) is 0 Å². The number of rotatable bonds is 3. The maximum absolute atomic E-state index is 5.92. The quantitative estimate of drug-likeness (QED) is 0.609. The molecule has 0 aromatic carbocycles. The third-order valence-electron chi connectivity index (χ3n) is 2.29. The van der Waals surface area contributed by atoms with Gasteiger partial charge in [0.2, 0.25) is 11.8 Å². The molecule has 2 heterocycles. The van der Waals surface area contributed by atoms with E-state index in [0.717, 1.165) is 12.8 Å². The molecule has 7 heteroatoms. The van der Waals surface area contributed by atoms with E-state index in [1.807, 2.05) is 0 Å². The molecule has 6 nitrogen and oxygen atoms in total. The molecule has 0 saturated carbocycles. The van der Waals surface area contributed by atoms with E-state index in [1.54, 1.807) is 0 Å². The second-order valence-corrected chi connectivity index (χ2v) is 3.83. The van der Waals surface area contributed by atoms with Crippen LogP contribution in [0.15, 0.2) is 6.20 Å². The smallest absolute Gasteiger partial charge is 0.240 e. The molecule has 1 saturated heterocycles. The summed E-state index contributed by atoms with van der Waals surface area (Å²) in [4.78, 5) is 7.91. The van der Waals surface area contributed by atoms with Gasteiger partial charge in [0.15, 0.2) is 0 Å². The van der Waals surface area contributed by atoms with Crippen LogP contribution >= 0.6 is 11.6 Å². The Labute approximate surface area is 98.1 Å².